The molecule has 1 spiro atoms. The van der Waals surface area contributed by atoms with E-state index in [4.69, 9.17) is 9.15 Å². The first-order valence-electron chi connectivity index (χ1n) is 11.3. The number of aliphatic hydroxyl groups excluding tert-OH is 1. The summed E-state index contributed by atoms with van der Waals surface area (Å²) in [5.41, 5.74) is 0.745. The number of H-pyrrole nitrogens is 1. The van der Waals surface area contributed by atoms with Crippen molar-refractivity contribution in [3.63, 3.8) is 0 Å². The Balaban J connectivity index is 1.18. The molecule has 0 unspecified atom stereocenters. The summed E-state index contributed by atoms with van der Waals surface area (Å²) < 4.78 is 12.7. The van der Waals surface area contributed by atoms with Gasteiger partial charge in [-0.25, -0.2) is 0 Å². The largest absolute Gasteiger partial charge is 0.458 e. The molecule has 4 saturated heterocycles. The van der Waals surface area contributed by atoms with Crippen molar-refractivity contribution >= 4 is 0 Å². The second-order valence-corrected chi connectivity index (χ2v) is 9.49. The minimum atomic E-state index is -0.153. The number of hydrogen-bond acceptors (Lipinski definition) is 7. The normalized spacial score (nSPS) is 35.2. The van der Waals surface area contributed by atoms with Crippen LogP contribution in [0.3, 0.4) is 0 Å². The molecule has 6 heterocycles. The van der Waals surface area contributed by atoms with E-state index in [0.29, 0.717) is 12.0 Å². The lowest BCUT2D eigenvalue weighted by Gasteiger charge is -2.45. The third-order valence-corrected chi connectivity index (χ3v) is 7.73. The Labute approximate surface area is 176 Å². The van der Waals surface area contributed by atoms with Gasteiger partial charge in [0, 0.05) is 56.9 Å². The third-order valence-electron chi connectivity index (χ3n) is 7.73. The van der Waals surface area contributed by atoms with Crippen molar-refractivity contribution in [1.29, 1.82) is 0 Å². The van der Waals surface area contributed by atoms with E-state index in [1.807, 2.05) is 12.1 Å². The van der Waals surface area contributed by atoms with Gasteiger partial charge in [-0.15, -0.1) is 0 Å². The van der Waals surface area contributed by atoms with Gasteiger partial charge in [0.2, 0.25) is 0 Å². The van der Waals surface area contributed by atoms with Gasteiger partial charge >= 0.3 is 0 Å². The van der Waals surface area contributed by atoms with Gasteiger partial charge in [0.25, 0.3) is 0 Å². The summed E-state index contributed by atoms with van der Waals surface area (Å²) in [6.45, 7) is 7.03. The van der Waals surface area contributed by atoms with Crippen LogP contribution in [0.25, 0.3) is 11.5 Å². The molecule has 4 fully saturated rings. The van der Waals surface area contributed by atoms with Crippen LogP contribution in [0, 0.1) is 11.8 Å². The SMILES string of the molecule is OC[C@H]1[C@H]2CN(Cc3ccc(-c4ccn[nH]4)o3)C[C@]23CN(C2CCNCC2)C[C@H]1O3. The standard InChI is InChI=1S/C22H31N5O3/c28-12-17-18-10-26(9-16-1-2-20(29-16)19-5-8-24-25-19)13-22(18)14-27(11-21(17)30-22)15-3-6-23-7-4-15/h1-2,5,8,15,17-18,21,23,28H,3-4,6-7,9-14H2,(H,24,25)/t17-,18+,21+,22-/m0/s1. The lowest BCUT2D eigenvalue weighted by Crippen LogP contribution is -2.58. The molecule has 0 saturated carbocycles. The molecule has 4 aliphatic heterocycles. The fourth-order valence-corrected chi connectivity index (χ4v) is 6.36. The molecule has 8 heteroatoms. The molecule has 2 aromatic rings. The van der Waals surface area contributed by atoms with E-state index >= 15 is 0 Å². The zero-order valence-electron chi connectivity index (χ0n) is 17.3. The van der Waals surface area contributed by atoms with Crippen molar-refractivity contribution in [2.75, 3.05) is 45.9 Å². The first kappa shape index (κ1) is 19.0. The Morgan fingerprint density at radius 2 is 2.07 bits per heavy atom. The van der Waals surface area contributed by atoms with Crippen LogP contribution in [0.4, 0.5) is 0 Å². The van der Waals surface area contributed by atoms with E-state index in [1.54, 1.807) is 6.20 Å². The maximum absolute atomic E-state index is 10.2. The highest BCUT2D eigenvalue weighted by Crippen LogP contribution is 2.50. The third kappa shape index (κ3) is 3.13. The number of furan rings is 1. The summed E-state index contributed by atoms with van der Waals surface area (Å²) in [4.78, 5) is 5.12. The van der Waals surface area contributed by atoms with Crippen LogP contribution in [0.15, 0.2) is 28.8 Å². The number of aliphatic hydroxyl groups is 1. The molecule has 0 amide bonds. The summed E-state index contributed by atoms with van der Waals surface area (Å²) >= 11 is 0. The number of hydrogen-bond donors (Lipinski definition) is 3. The number of fused-ring (bicyclic) bond motifs is 1. The zero-order valence-corrected chi connectivity index (χ0v) is 17.3. The quantitative estimate of drug-likeness (QED) is 0.671. The Kier molecular flexibility index (Phi) is 4.73. The van der Waals surface area contributed by atoms with Crippen molar-refractivity contribution in [2.24, 2.45) is 11.8 Å². The molecule has 2 bridgehead atoms. The second-order valence-electron chi connectivity index (χ2n) is 9.49. The molecule has 4 aliphatic rings. The molecule has 4 atom stereocenters. The average molecular weight is 414 g/mol. The summed E-state index contributed by atoms with van der Waals surface area (Å²) in [7, 11) is 0. The fourth-order valence-electron chi connectivity index (χ4n) is 6.36. The molecular weight excluding hydrogens is 382 g/mol. The number of morpholine rings is 1. The molecular formula is C22H31N5O3. The molecule has 0 radical (unpaired) electrons. The van der Waals surface area contributed by atoms with Crippen LogP contribution < -0.4 is 5.32 Å². The molecule has 30 heavy (non-hydrogen) atoms. The second kappa shape index (κ2) is 7.46. The highest BCUT2D eigenvalue weighted by molar-refractivity contribution is 5.51. The van der Waals surface area contributed by atoms with E-state index in [2.05, 4.69) is 31.4 Å². The lowest BCUT2D eigenvalue weighted by molar-refractivity contribution is -0.129. The van der Waals surface area contributed by atoms with Crippen molar-refractivity contribution in [3.05, 3.63) is 30.2 Å². The zero-order chi connectivity index (χ0) is 20.1. The monoisotopic (exact) mass is 413 g/mol. The first-order chi connectivity index (χ1) is 14.7. The van der Waals surface area contributed by atoms with Crippen LogP contribution in [0.1, 0.15) is 18.6 Å². The maximum atomic E-state index is 10.2. The lowest BCUT2D eigenvalue weighted by atomic mass is 9.83. The molecule has 6 rings (SSSR count). The van der Waals surface area contributed by atoms with Gasteiger partial charge in [0.15, 0.2) is 5.76 Å². The number of nitrogens with zero attached hydrogens (tertiary/aromatic N) is 3. The van der Waals surface area contributed by atoms with Crippen LogP contribution in [0.5, 0.6) is 0 Å². The van der Waals surface area contributed by atoms with Crippen LogP contribution >= 0.6 is 0 Å². The predicted octanol–water partition coefficient (Wildman–Crippen LogP) is 0.915. The number of piperidine rings is 1. The van der Waals surface area contributed by atoms with Gasteiger partial charge in [-0.05, 0) is 44.1 Å². The van der Waals surface area contributed by atoms with Crippen molar-refractivity contribution in [3.8, 4) is 11.5 Å². The smallest absolute Gasteiger partial charge is 0.152 e. The van der Waals surface area contributed by atoms with E-state index in [-0.39, 0.29) is 24.2 Å². The van der Waals surface area contributed by atoms with Crippen LogP contribution in [-0.4, -0.2) is 88.7 Å². The van der Waals surface area contributed by atoms with Crippen molar-refractivity contribution in [1.82, 2.24) is 25.3 Å². The van der Waals surface area contributed by atoms with E-state index < -0.39 is 0 Å². The Morgan fingerprint density at radius 1 is 1.17 bits per heavy atom. The van der Waals surface area contributed by atoms with E-state index in [0.717, 1.165) is 63.0 Å². The highest BCUT2D eigenvalue weighted by Gasteiger charge is 2.62. The van der Waals surface area contributed by atoms with Crippen molar-refractivity contribution in [2.45, 2.75) is 37.1 Å². The highest BCUT2D eigenvalue weighted by atomic mass is 16.5. The maximum Gasteiger partial charge on any atom is 0.152 e. The van der Waals surface area contributed by atoms with Gasteiger partial charge in [0.05, 0.1) is 18.2 Å². The van der Waals surface area contributed by atoms with Gasteiger partial charge < -0.3 is 19.6 Å². The minimum absolute atomic E-state index is 0.153. The molecule has 3 N–H and O–H groups in total. The Morgan fingerprint density at radius 3 is 2.87 bits per heavy atom. The number of likely N-dealkylation sites (tertiary alicyclic amines) is 2. The predicted molar refractivity (Wildman–Crippen MR) is 111 cm³/mol. The Bertz CT molecular complexity index is 864. The first-order valence-corrected chi connectivity index (χ1v) is 11.3. The number of rotatable bonds is 5. The minimum Gasteiger partial charge on any atom is -0.458 e. The van der Waals surface area contributed by atoms with Gasteiger partial charge in [-0.1, -0.05) is 0 Å². The number of aromatic amines is 1. The number of aromatic nitrogens is 2. The summed E-state index contributed by atoms with van der Waals surface area (Å²) in [5.74, 6) is 2.40. The molecule has 162 valence electrons. The Hall–Kier alpha value is -1.71. The number of nitrogens with one attached hydrogen (secondary N) is 2. The van der Waals surface area contributed by atoms with Gasteiger partial charge in [-0.2, -0.15) is 5.10 Å². The fraction of sp³-hybridized carbons (Fsp3) is 0.682. The number of ether oxygens (including phenoxy) is 1. The van der Waals surface area contributed by atoms with Crippen molar-refractivity contribution < 1.29 is 14.3 Å². The van der Waals surface area contributed by atoms with Crippen LogP contribution in [0.2, 0.25) is 0 Å². The molecule has 0 aliphatic carbocycles. The average Bonchev–Trinajstić information content (AvgIpc) is 3.53. The molecule has 0 aromatic carbocycles. The summed E-state index contributed by atoms with van der Waals surface area (Å²) in [6.07, 6.45) is 4.33. The van der Waals surface area contributed by atoms with E-state index in [9.17, 15) is 5.11 Å². The summed E-state index contributed by atoms with van der Waals surface area (Å²) in [6, 6.07) is 6.61. The van der Waals surface area contributed by atoms with Gasteiger partial charge in [-0.3, -0.25) is 14.9 Å². The molecule has 2 aromatic heterocycles. The van der Waals surface area contributed by atoms with E-state index in [1.165, 1.54) is 12.8 Å². The van der Waals surface area contributed by atoms with Gasteiger partial charge in [0.1, 0.15) is 11.5 Å². The van der Waals surface area contributed by atoms with Crippen LogP contribution in [-0.2, 0) is 11.3 Å². The topological polar surface area (TPSA) is 89.8 Å². The molecule has 8 nitrogen and oxygen atoms in total. The summed E-state index contributed by atoms with van der Waals surface area (Å²) in [5, 5.41) is 20.6.